The average Bonchev–Trinajstić information content (AvgIpc) is 2.75. The van der Waals surface area contributed by atoms with Crippen molar-refractivity contribution in [3.05, 3.63) is 65.2 Å². The van der Waals surface area contributed by atoms with Crippen molar-refractivity contribution < 1.29 is 19.0 Å². The summed E-state index contributed by atoms with van der Waals surface area (Å²) >= 11 is 0. The lowest BCUT2D eigenvalue weighted by atomic mass is 10.1. The van der Waals surface area contributed by atoms with Crippen LogP contribution in [-0.4, -0.2) is 36.8 Å². The fraction of sp³-hybridized carbons (Fsp3) is 0.190. The lowest BCUT2D eigenvalue weighted by Crippen LogP contribution is -2.27. The van der Waals surface area contributed by atoms with Gasteiger partial charge in [0.2, 0.25) is 5.91 Å². The lowest BCUT2D eigenvalue weighted by molar-refractivity contribution is -0.116. The van der Waals surface area contributed by atoms with Gasteiger partial charge in [0, 0.05) is 23.4 Å². The van der Waals surface area contributed by atoms with Crippen molar-refractivity contribution in [2.24, 2.45) is 0 Å². The maximum absolute atomic E-state index is 12.4. The summed E-state index contributed by atoms with van der Waals surface area (Å²) in [5, 5.41) is 2.73. The Morgan fingerprint density at radius 3 is 2.31 bits per heavy atom. The van der Waals surface area contributed by atoms with Crippen molar-refractivity contribution >= 4 is 11.6 Å². The smallest absolute Gasteiger partial charge is 0.254 e. The molecule has 0 bridgehead atoms. The van der Waals surface area contributed by atoms with Crippen molar-refractivity contribution in [3.8, 4) is 28.5 Å². The van der Waals surface area contributed by atoms with Gasteiger partial charge in [-0.2, -0.15) is 0 Å². The molecule has 29 heavy (non-hydrogen) atoms. The quantitative estimate of drug-likeness (QED) is 0.661. The third-order valence-corrected chi connectivity index (χ3v) is 4.25. The van der Waals surface area contributed by atoms with Gasteiger partial charge in [-0.1, -0.05) is 0 Å². The molecule has 1 amide bonds. The van der Waals surface area contributed by atoms with Gasteiger partial charge in [-0.3, -0.25) is 14.2 Å². The number of methoxy groups -OCH3 is 3. The van der Waals surface area contributed by atoms with Crippen LogP contribution in [0.4, 0.5) is 5.69 Å². The highest BCUT2D eigenvalue weighted by molar-refractivity contribution is 5.90. The number of amides is 1. The van der Waals surface area contributed by atoms with Gasteiger partial charge in [0.15, 0.2) is 11.5 Å². The molecule has 150 valence electrons. The molecule has 3 rings (SSSR count). The van der Waals surface area contributed by atoms with Gasteiger partial charge in [-0.25, -0.2) is 4.98 Å². The Hall–Kier alpha value is -3.81. The van der Waals surface area contributed by atoms with Gasteiger partial charge in [-0.15, -0.1) is 0 Å². The number of rotatable bonds is 7. The van der Waals surface area contributed by atoms with E-state index < -0.39 is 0 Å². The minimum absolute atomic E-state index is 0.164. The topological polar surface area (TPSA) is 91.7 Å². The molecule has 0 aliphatic rings. The number of nitrogens with zero attached hydrogens (tertiary/aromatic N) is 2. The van der Waals surface area contributed by atoms with E-state index in [2.05, 4.69) is 10.3 Å². The van der Waals surface area contributed by atoms with Crippen LogP contribution >= 0.6 is 0 Å². The Bertz CT molecular complexity index is 1060. The zero-order valence-electron chi connectivity index (χ0n) is 16.3. The largest absolute Gasteiger partial charge is 0.497 e. The maximum Gasteiger partial charge on any atom is 0.254 e. The minimum atomic E-state index is -0.363. The number of aromatic nitrogens is 2. The van der Waals surface area contributed by atoms with E-state index in [1.54, 1.807) is 37.4 Å². The fourth-order valence-corrected chi connectivity index (χ4v) is 2.73. The van der Waals surface area contributed by atoms with Gasteiger partial charge in [0.05, 0.1) is 33.4 Å². The molecular weight excluding hydrogens is 374 g/mol. The molecule has 8 heteroatoms. The first-order chi connectivity index (χ1) is 14.0. The average molecular weight is 395 g/mol. The van der Waals surface area contributed by atoms with Crippen molar-refractivity contribution in [1.82, 2.24) is 9.55 Å². The minimum Gasteiger partial charge on any atom is -0.497 e. The number of ether oxygens (including phenoxy) is 3. The van der Waals surface area contributed by atoms with E-state index in [-0.39, 0.29) is 18.0 Å². The predicted octanol–water partition coefficient (Wildman–Crippen LogP) is 2.57. The van der Waals surface area contributed by atoms with Crippen molar-refractivity contribution in [2.75, 3.05) is 26.6 Å². The highest BCUT2D eigenvalue weighted by Crippen LogP contribution is 2.29. The highest BCUT2D eigenvalue weighted by Gasteiger charge is 2.10. The lowest BCUT2D eigenvalue weighted by Gasteiger charge is -2.11. The number of anilines is 1. The number of benzene rings is 2. The van der Waals surface area contributed by atoms with Crippen molar-refractivity contribution in [1.29, 1.82) is 0 Å². The highest BCUT2D eigenvalue weighted by atomic mass is 16.5. The number of hydrogen-bond donors (Lipinski definition) is 1. The van der Waals surface area contributed by atoms with E-state index in [9.17, 15) is 9.59 Å². The van der Waals surface area contributed by atoms with Crippen LogP contribution in [0.25, 0.3) is 11.3 Å². The SMILES string of the molecule is COc1ccc(-c2cc(=O)n(CC(=O)Nc3ccc(OC)c(OC)c3)cn2)cc1. The molecule has 1 N–H and O–H groups in total. The van der Waals surface area contributed by atoms with Gasteiger partial charge in [0.1, 0.15) is 12.3 Å². The van der Waals surface area contributed by atoms with Crippen LogP contribution in [0.5, 0.6) is 17.2 Å². The summed E-state index contributed by atoms with van der Waals surface area (Å²) in [6.07, 6.45) is 1.36. The van der Waals surface area contributed by atoms with Crippen LogP contribution in [0.1, 0.15) is 0 Å². The molecule has 0 unspecified atom stereocenters. The third kappa shape index (κ3) is 4.73. The zero-order chi connectivity index (χ0) is 20.8. The Labute approximate surface area is 167 Å². The predicted molar refractivity (Wildman–Crippen MR) is 109 cm³/mol. The van der Waals surface area contributed by atoms with E-state index in [4.69, 9.17) is 14.2 Å². The molecule has 0 spiro atoms. The molecule has 0 aliphatic carbocycles. The van der Waals surface area contributed by atoms with Crippen LogP contribution in [0.15, 0.2) is 59.7 Å². The first kappa shape index (κ1) is 19.9. The second-order valence-electron chi connectivity index (χ2n) is 6.09. The van der Waals surface area contributed by atoms with Gasteiger partial charge < -0.3 is 19.5 Å². The van der Waals surface area contributed by atoms with E-state index in [0.717, 1.165) is 5.56 Å². The molecule has 0 radical (unpaired) electrons. The molecule has 0 fully saturated rings. The molecule has 1 heterocycles. The van der Waals surface area contributed by atoms with Crippen LogP contribution in [-0.2, 0) is 11.3 Å². The Kier molecular flexibility index (Phi) is 6.13. The first-order valence-electron chi connectivity index (χ1n) is 8.77. The summed E-state index contributed by atoms with van der Waals surface area (Å²) in [7, 11) is 4.63. The maximum atomic E-state index is 12.4. The monoisotopic (exact) mass is 395 g/mol. The standard InChI is InChI=1S/C21H21N3O5/c1-27-16-7-4-14(5-8-16)17-11-21(26)24(13-22-17)12-20(25)23-15-6-9-18(28-2)19(10-15)29-3/h4-11,13H,12H2,1-3H3,(H,23,25). The summed E-state index contributed by atoms with van der Waals surface area (Å²) in [6.45, 7) is -0.164. The molecule has 0 saturated heterocycles. The van der Waals surface area contributed by atoms with Crippen LogP contribution in [0.2, 0.25) is 0 Å². The fourth-order valence-electron chi connectivity index (χ4n) is 2.73. The molecule has 0 saturated carbocycles. The van der Waals surface area contributed by atoms with Crippen LogP contribution < -0.4 is 25.1 Å². The number of nitrogens with one attached hydrogen (secondary N) is 1. The molecule has 0 atom stereocenters. The normalized spacial score (nSPS) is 10.3. The van der Waals surface area contributed by atoms with Gasteiger partial charge >= 0.3 is 0 Å². The van der Waals surface area contributed by atoms with E-state index in [1.807, 2.05) is 12.1 Å². The van der Waals surface area contributed by atoms with Crippen LogP contribution in [0, 0.1) is 0 Å². The summed E-state index contributed by atoms with van der Waals surface area (Å²) in [5.41, 5.74) is 1.51. The van der Waals surface area contributed by atoms with E-state index >= 15 is 0 Å². The number of carbonyl (C=O) groups is 1. The third-order valence-electron chi connectivity index (χ3n) is 4.25. The zero-order valence-corrected chi connectivity index (χ0v) is 16.3. The summed E-state index contributed by atoms with van der Waals surface area (Å²) in [6, 6.07) is 13.6. The number of hydrogen-bond acceptors (Lipinski definition) is 6. The molecule has 1 aromatic heterocycles. The summed E-state index contributed by atoms with van der Waals surface area (Å²) in [4.78, 5) is 29.0. The number of carbonyl (C=O) groups excluding carboxylic acids is 1. The molecule has 8 nitrogen and oxygen atoms in total. The van der Waals surface area contributed by atoms with Crippen molar-refractivity contribution in [3.63, 3.8) is 0 Å². The Morgan fingerprint density at radius 1 is 0.966 bits per heavy atom. The van der Waals surface area contributed by atoms with Crippen molar-refractivity contribution in [2.45, 2.75) is 6.54 Å². The van der Waals surface area contributed by atoms with Gasteiger partial charge in [-0.05, 0) is 36.4 Å². The Morgan fingerprint density at radius 2 is 1.69 bits per heavy atom. The first-order valence-corrected chi connectivity index (χ1v) is 8.77. The molecular formula is C21H21N3O5. The molecule has 0 aliphatic heterocycles. The Balaban J connectivity index is 1.71. The molecule has 3 aromatic rings. The van der Waals surface area contributed by atoms with Gasteiger partial charge in [0.25, 0.3) is 5.56 Å². The van der Waals surface area contributed by atoms with E-state index in [0.29, 0.717) is 28.6 Å². The van der Waals surface area contributed by atoms with Crippen LogP contribution in [0.3, 0.4) is 0 Å². The second kappa shape index (κ2) is 8.92. The summed E-state index contributed by atoms with van der Waals surface area (Å²) < 4.78 is 16.7. The molecule has 2 aromatic carbocycles. The summed E-state index contributed by atoms with van der Waals surface area (Å²) in [5.74, 6) is 1.40. The second-order valence-corrected chi connectivity index (χ2v) is 6.09. The van der Waals surface area contributed by atoms with E-state index in [1.165, 1.54) is 31.2 Å².